The van der Waals surface area contributed by atoms with Gasteiger partial charge in [0.1, 0.15) is 6.26 Å². The lowest BCUT2D eigenvalue weighted by Crippen LogP contribution is -2.11. The third-order valence-electron chi connectivity index (χ3n) is 3.03. The van der Waals surface area contributed by atoms with E-state index in [0.29, 0.717) is 12.3 Å². The number of nitrogens with zero attached hydrogens (tertiary/aromatic N) is 1. The monoisotopic (exact) mass is 252 g/mol. The van der Waals surface area contributed by atoms with Crippen molar-refractivity contribution in [2.45, 2.75) is 6.42 Å². The molecule has 0 saturated carbocycles. The van der Waals surface area contributed by atoms with Crippen molar-refractivity contribution < 1.29 is 9.21 Å². The number of aromatic nitrogens is 1. The Balaban J connectivity index is 1.98. The minimum Gasteiger partial charge on any atom is -0.448 e. The molecule has 19 heavy (non-hydrogen) atoms. The molecule has 0 radical (unpaired) electrons. The van der Waals surface area contributed by atoms with E-state index >= 15 is 0 Å². The highest BCUT2D eigenvalue weighted by molar-refractivity contribution is 5.90. The van der Waals surface area contributed by atoms with Crippen LogP contribution in [0, 0.1) is 0 Å². The number of hydrogen-bond acceptors (Lipinski definition) is 3. The number of fused-ring (bicyclic) bond motifs is 1. The molecular formula is C15H12N2O2. The van der Waals surface area contributed by atoms with Crippen molar-refractivity contribution in [1.29, 1.82) is 0 Å². The van der Waals surface area contributed by atoms with Gasteiger partial charge < -0.3 is 10.2 Å². The predicted octanol–water partition coefficient (Wildman–Crippen LogP) is 2.52. The number of carbonyl (C=O) groups excluding carboxylic acids is 1. The van der Waals surface area contributed by atoms with Crippen molar-refractivity contribution >= 4 is 16.7 Å². The molecule has 1 heterocycles. The zero-order valence-corrected chi connectivity index (χ0v) is 10.2. The Labute approximate surface area is 109 Å². The topological polar surface area (TPSA) is 69.1 Å². The van der Waals surface area contributed by atoms with Crippen molar-refractivity contribution in [3.05, 3.63) is 65.9 Å². The van der Waals surface area contributed by atoms with Crippen molar-refractivity contribution in [1.82, 2.24) is 4.98 Å². The molecule has 0 aliphatic heterocycles. The lowest BCUT2D eigenvalue weighted by Gasteiger charge is -2.03. The van der Waals surface area contributed by atoms with Gasteiger partial charge in [-0.1, -0.05) is 42.5 Å². The fourth-order valence-corrected chi connectivity index (χ4v) is 2.11. The van der Waals surface area contributed by atoms with E-state index in [2.05, 4.69) is 23.2 Å². The first kappa shape index (κ1) is 11.5. The summed E-state index contributed by atoms with van der Waals surface area (Å²) >= 11 is 0. The number of oxazole rings is 1. The van der Waals surface area contributed by atoms with Crippen LogP contribution in [0.3, 0.4) is 0 Å². The van der Waals surface area contributed by atoms with Gasteiger partial charge in [0.25, 0.3) is 5.91 Å². The molecular weight excluding hydrogens is 240 g/mol. The molecule has 0 aliphatic rings. The van der Waals surface area contributed by atoms with Gasteiger partial charge in [0.15, 0.2) is 11.6 Å². The molecule has 4 heteroatoms. The first-order valence-electron chi connectivity index (χ1n) is 5.95. The van der Waals surface area contributed by atoms with E-state index in [9.17, 15) is 4.79 Å². The molecule has 2 aromatic carbocycles. The number of amides is 1. The maximum Gasteiger partial charge on any atom is 0.270 e. The van der Waals surface area contributed by atoms with Crippen molar-refractivity contribution in [3.8, 4) is 0 Å². The summed E-state index contributed by atoms with van der Waals surface area (Å²) in [5.41, 5.74) is 6.42. The molecule has 3 aromatic rings. The third-order valence-corrected chi connectivity index (χ3v) is 3.03. The Morgan fingerprint density at radius 3 is 2.74 bits per heavy atom. The van der Waals surface area contributed by atoms with Gasteiger partial charge in [0, 0.05) is 6.42 Å². The molecule has 3 rings (SSSR count). The van der Waals surface area contributed by atoms with Gasteiger partial charge in [-0.15, -0.1) is 0 Å². The average Bonchev–Trinajstić information content (AvgIpc) is 2.88. The lowest BCUT2D eigenvalue weighted by atomic mass is 10.0. The van der Waals surface area contributed by atoms with Gasteiger partial charge in [0.2, 0.25) is 0 Å². The highest BCUT2D eigenvalue weighted by Crippen LogP contribution is 2.21. The van der Waals surface area contributed by atoms with Crippen LogP contribution in [0.25, 0.3) is 10.8 Å². The Bertz CT molecular complexity index is 741. The summed E-state index contributed by atoms with van der Waals surface area (Å²) in [6.07, 6.45) is 1.83. The Hall–Kier alpha value is -2.62. The Kier molecular flexibility index (Phi) is 2.76. The van der Waals surface area contributed by atoms with Gasteiger partial charge in [0.05, 0.1) is 0 Å². The quantitative estimate of drug-likeness (QED) is 0.778. The number of hydrogen-bond donors (Lipinski definition) is 1. The highest BCUT2D eigenvalue weighted by Gasteiger charge is 2.10. The smallest absolute Gasteiger partial charge is 0.270 e. The van der Waals surface area contributed by atoms with E-state index < -0.39 is 5.91 Å². The van der Waals surface area contributed by atoms with E-state index in [-0.39, 0.29) is 5.69 Å². The number of primary amides is 1. The summed E-state index contributed by atoms with van der Waals surface area (Å²) in [5, 5.41) is 2.32. The van der Waals surface area contributed by atoms with E-state index in [4.69, 9.17) is 10.2 Å². The fourth-order valence-electron chi connectivity index (χ4n) is 2.11. The van der Waals surface area contributed by atoms with Gasteiger partial charge >= 0.3 is 0 Å². The third kappa shape index (κ3) is 2.20. The number of rotatable bonds is 3. The van der Waals surface area contributed by atoms with Gasteiger partial charge in [-0.05, 0) is 16.3 Å². The molecule has 0 bridgehead atoms. The zero-order valence-electron chi connectivity index (χ0n) is 10.2. The average molecular weight is 252 g/mol. The number of benzene rings is 2. The van der Waals surface area contributed by atoms with Crippen LogP contribution < -0.4 is 5.73 Å². The first-order chi connectivity index (χ1) is 9.24. The number of nitrogens with two attached hydrogens (primary N) is 1. The lowest BCUT2D eigenvalue weighted by molar-refractivity contribution is 0.0995. The van der Waals surface area contributed by atoms with E-state index in [0.717, 1.165) is 10.9 Å². The Morgan fingerprint density at radius 2 is 1.95 bits per heavy atom. The molecule has 4 nitrogen and oxygen atoms in total. The Morgan fingerprint density at radius 1 is 1.16 bits per heavy atom. The number of carbonyl (C=O) groups is 1. The van der Waals surface area contributed by atoms with E-state index in [1.165, 1.54) is 11.6 Å². The van der Waals surface area contributed by atoms with Crippen LogP contribution in [0.1, 0.15) is 21.9 Å². The van der Waals surface area contributed by atoms with Crippen LogP contribution in [-0.2, 0) is 6.42 Å². The molecule has 2 N–H and O–H groups in total. The van der Waals surface area contributed by atoms with Gasteiger partial charge in [-0.25, -0.2) is 4.98 Å². The van der Waals surface area contributed by atoms with Gasteiger partial charge in [-0.3, -0.25) is 4.79 Å². The van der Waals surface area contributed by atoms with Crippen LogP contribution in [0.15, 0.2) is 53.1 Å². The second kappa shape index (κ2) is 4.57. The molecule has 1 amide bonds. The molecule has 94 valence electrons. The molecule has 0 saturated heterocycles. The summed E-state index contributed by atoms with van der Waals surface area (Å²) in [6, 6.07) is 14.2. The summed E-state index contributed by atoms with van der Waals surface area (Å²) < 4.78 is 5.27. The normalized spacial score (nSPS) is 10.7. The fraction of sp³-hybridized carbons (Fsp3) is 0.0667. The summed E-state index contributed by atoms with van der Waals surface area (Å²) in [4.78, 5) is 15.0. The van der Waals surface area contributed by atoms with Crippen LogP contribution in [-0.4, -0.2) is 10.9 Å². The van der Waals surface area contributed by atoms with Crippen LogP contribution in [0.5, 0.6) is 0 Å². The van der Waals surface area contributed by atoms with Crippen LogP contribution >= 0.6 is 0 Å². The van der Waals surface area contributed by atoms with E-state index in [1.54, 1.807) is 0 Å². The van der Waals surface area contributed by atoms with Crippen molar-refractivity contribution in [2.75, 3.05) is 0 Å². The maximum absolute atomic E-state index is 11.0. The highest BCUT2D eigenvalue weighted by atomic mass is 16.3. The van der Waals surface area contributed by atoms with Crippen LogP contribution in [0.2, 0.25) is 0 Å². The van der Waals surface area contributed by atoms with Gasteiger partial charge in [-0.2, -0.15) is 0 Å². The minimum absolute atomic E-state index is 0.162. The largest absolute Gasteiger partial charge is 0.448 e. The maximum atomic E-state index is 11.0. The summed E-state index contributed by atoms with van der Waals surface area (Å²) in [5.74, 6) is -0.0851. The molecule has 1 aromatic heterocycles. The van der Waals surface area contributed by atoms with E-state index in [1.807, 2.05) is 24.3 Å². The molecule has 0 aliphatic carbocycles. The second-order valence-corrected chi connectivity index (χ2v) is 4.31. The summed E-state index contributed by atoms with van der Waals surface area (Å²) in [6.45, 7) is 0. The van der Waals surface area contributed by atoms with Crippen molar-refractivity contribution in [3.63, 3.8) is 0 Å². The minimum atomic E-state index is -0.576. The van der Waals surface area contributed by atoms with Crippen molar-refractivity contribution in [2.24, 2.45) is 5.73 Å². The molecule has 0 fully saturated rings. The second-order valence-electron chi connectivity index (χ2n) is 4.31. The molecule has 0 unspecified atom stereocenters. The van der Waals surface area contributed by atoms with Crippen LogP contribution in [0.4, 0.5) is 0 Å². The molecule has 0 spiro atoms. The standard InChI is InChI=1S/C15H12N2O2/c16-15(18)13-9-19-14(17-13)8-11-6-3-5-10-4-1-2-7-12(10)11/h1-7,9H,8H2,(H2,16,18). The predicted molar refractivity (Wildman–Crippen MR) is 71.8 cm³/mol. The first-order valence-corrected chi connectivity index (χ1v) is 5.95. The molecule has 0 atom stereocenters. The summed E-state index contributed by atoms with van der Waals surface area (Å²) in [7, 11) is 0. The zero-order chi connectivity index (χ0) is 13.2. The SMILES string of the molecule is NC(=O)c1coc(Cc2cccc3ccccc23)n1.